The van der Waals surface area contributed by atoms with Crippen LogP contribution in [0.25, 0.3) is 0 Å². The lowest BCUT2D eigenvalue weighted by Gasteiger charge is -2.11. The van der Waals surface area contributed by atoms with E-state index in [0.29, 0.717) is 12.3 Å². The van der Waals surface area contributed by atoms with E-state index in [0.717, 1.165) is 25.2 Å². The van der Waals surface area contributed by atoms with Gasteiger partial charge in [0.15, 0.2) is 0 Å². The van der Waals surface area contributed by atoms with Crippen LogP contribution in [0.3, 0.4) is 0 Å². The molecule has 1 unspecified atom stereocenters. The highest BCUT2D eigenvalue weighted by molar-refractivity contribution is 5.78. The number of nitrogens with zero attached hydrogens (tertiary/aromatic N) is 1. The van der Waals surface area contributed by atoms with E-state index in [1.54, 1.807) is 0 Å². The van der Waals surface area contributed by atoms with Crippen molar-refractivity contribution in [2.24, 2.45) is 5.92 Å². The predicted molar refractivity (Wildman–Crippen MR) is 73.5 cm³/mol. The minimum atomic E-state index is 0.134. The number of hydrogen-bond donors (Lipinski definition) is 1. The van der Waals surface area contributed by atoms with E-state index in [2.05, 4.69) is 36.3 Å². The molecule has 0 saturated carbocycles. The Morgan fingerprint density at radius 3 is 3.00 bits per heavy atom. The summed E-state index contributed by atoms with van der Waals surface area (Å²) in [4.78, 5) is 14.2. The Morgan fingerprint density at radius 1 is 1.50 bits per heavy atom. The van der Waals surface area contributed by atoms with Crippen LogP contribution in [0.2, 0.25) is 0 Å². The zero-order chi connectivity index (χ0) is 13.0. The highest BCUT2D eigenvalue weighted by atomic mass is 16.1. The average Bonchev–Trinajstić information content (AvgIpc) is 2.73. The number of benzene rings is 1. The van der Waals surface area contributed by atoms with E-state index < -0.39 is 0 Å². The van der Waals surface area contributed by atoms with Crippen molar-refractivity contribution < 1.29 is 4.79 Å². The van der Waals surface area contributed by atoms with Crippen LogP contribution >= 0.6 is 0 Å². The first kappa shape index (κ1) is 13.1. The maximum absolute atomic E-state index is 11.8. The van der Waals surface area contributed by atoms with Crippen molar-refractivity contribution in [2.75, 3.05) is 26.7 Å². The zero-order valence-electron chi connectivity index (χ0n) is 11.3. The normalized spacial score (nSPS) is 20.0. The van der Waals surface area contributed by atoms with Gasteiger partial charge in [0, 0.05) is 13.1 Å². The summed E-state index contributed by atoms with van der Waals surface area (Å²) in [7, 11) is 2.13. The Hall–Kier alpha value is -1.35. The van der Waals surface area contributed by atoms with Crippen LogP contribution in [-0.4, -0.2) is 37.5 Å². The van der Waals surface area contributed by atoms with Gasteiger partial charge in [0.05, 0.1) is 6.42 Å². The molecule has 3 nitrogen and oxygen atoms in total. The second kappa shape index (κ2) is 6.01. The van der Waals surface area contributed by atoms with Crippen LogP contribution in [0.1, 0.15) is 17.5 Å². The van der Waals surface area contributed by atoms with Crippen LogP contribution < -0.4 is 5.32 Å². The molecule has 98 valence electrons. The number of aryl methyl sites for hydroxylation is 1. The Bertz CT molecular complexity index is 417. The fourth-order valence-corrected chi connectivity index (χ4v) is 2.52. The number of carbonyl (C=O) groups is 1. The summed E-state index contributed by atoms with van der Waals surface area (Å²) in [6.45, 7) is 5.12. The van der Waals surface area contributed by atoms with Crippen molar-refractivity contribution in [3.05, 3.63) is 35.4 Å². The van der Waals surface area contributed by atoms with Crippen molar-refractivity contribution in [3.63, 3.8) is 0 Å². The molecule has 1 N–H and O–H groups in total. The highest BCUT2D eigenvalue weighted by Gasteiger charge is 2.19. The van der Waals surface area contributed by atoms with Crippen LogP contribution in [-0.2, 0) is 11.2 Å². The standard InChI is InChI=1S/C15H22N2O/c1-12-4-3-5-13(8-12)9-15(18)16-10-14-6-7-17(2)11-14/h3-5,8,14H,6-7,9-11H2,1-2H3,(H,16,18). The lowest BCUT2D eigenvalue weighted by atomic mass is 10.1. The quantitative estimate of drug-likeness (QED) is 0.875. The molecule has 2 rings (SSSR count). The second-order valence-corrected chi connectivity index (χ2v) is 5.39. The highest BCUT2D eigenvalue weighted by Crippen LogP contribution is 2.13. The van der Waals surface area contributed by atoms with Crippen molar-refractivity contribution in [1.29, 1.82) is 0 Å². The monoisotopic (exact) mass is 246 g/mol. The largest absolute Gasteiger partial charge is 0.355 e. The summed E-state index contributed by atoms with van der Waals surface area (Å²) in [6, 6.07) is 8.14. The Labute approximate surface area is 109 Å². The third-order valence-electron chi connectivity index (χ3n) is 3.52. The number of amides is 1. The smallest absolute Gasteiger partial charge is 0.224 e. The molecule has 1 atom stereocenters. The fourth-order valence-electron chi connectivity index (χ4n) is 2.52. The Morgan fingerprint density at radius 2 is 2.33 bits per heavy atom. The first-order valence-electron chi connectivity index (χ1n) is 6.64. The lowest BCUT2D eigenvalue weighted by molar-refractivity contribution is -0.120. The van der Waals surface area contributed by atoms with Crippen molar-refractivity contribution >= 4 is 5.91 Å². The molecule has 0 bridgehead atoms. The molecule has 1 amide bonds. The maximum Gasteiger partial charge on any atom is 0.224 e. The summed E-state index contributed by atoms with van der Waals surface area (Å²) in [5.41, 5.74) is 2.30. The van der Waals surface area contributed by atoms with Gasteiger partial charge in [-0.3, -0.25) is 4.79 Å². The molecule has 0 aromatic heterocycles. The molecule has 0 aliphatic carbocycles. The average molecular weight is 246 g/mol. The lowest BCUT2D eigenvalue weighted by Crippen LogP contribution is -2.31. The zero-order valence-corrected chi connectivity index (χ0v) is 11.3. The van der Waals surface area contributed by atoms with Gasteiger partial charge in [0.2, 0.25) is 5.91 Å². The van der Waals surface area contributed by atoms with Gasteiger partial charge in [-0.05, 0) is 38.4 Å². The van der Waals surface area contributed by atoms with Gasteiger partial charge in [-0.25, -0.2) is 0 Å². The van der Waals surface area contributed by atoms with E-state index in [1.807, 2.05) is 12.1 Å². The van der Waals surface area contributed by atoms with Crippen LogP contribution in [0.4, 0.5) is 0 Å². The van der Waals surface area contributed by atoms with Crippen LogP contribution in [0, 0.1) is 12.8 Å². The minimum absolute atomic E-state index is 0.134. The predicted octanol–water partition coefficient (Wildman–Crippen LogP) is 1.61. The van der Waals surface area contributed by atoms with Crippen molar-refractivity contribution in [2.45, 2.75) is 19.8 Å². The summed E-state index contributed by atoms with van der Waals surface area (Å²) >= 11 is 0. The molecule has 1 aliphatic heterocycles. The third-order valence-corrected chi connectivity index (χ3v) is 3.52. The topological polar surface area (TPSA) is 32.3 Å². The Kier molecular flexibility index (Phi) is 4.37. The van der Waals surface area contributed by atoms with E-state index in [4.69, 9.17) is 0 Å². The molecule has 0 spiro atoms. The fraction of sp³-hybridized carbons (Fsp3) is 0.533. The molecular weight excluding hydrogens is 224 g/mol. The van der Waals surface area contributed by atoms with Gasteiger partial charge in [-0.1, -0.05) is 29.8 Å². The van der Waals surface area contributed by atoms with Gasteiger partial charge in [-0.2, -0.15) is 0 Å². The molecule has 0 radical (unpaired) electrons. The van der Waals surface area contributed by atoms with E-state index in [-0.39, 0.29) is 5.91 Å². The van der Waals surface area contributed by atoms with E-state index >= 15 is 0 Å². The van der Waals surface area contributed by atoms with Gasteiger partial charge < -0.3 is 10.2 Å². The summed E-state index contributed by atoms with van der Waals surface area (Å²) < 4.78 is 0. The van der Waals surface area contributed by atoms with Gasteiger partial charge in [-0.15, -0.1) is 0 Å². The number of rotatable bonds is 4. The number of carbonyl (C=O) groups excluding carboxylic acids is 1. The molecule has 18 heavy (non-hydrogen) atoms. The molecule has 1 heterocycles. The first-order valence-corrected chi connectivity index (χ1v) is 6.64. The van der Waals surface area contributed by atoms with Gasteiger partial charge >= 0.3 is 0 Å². The van der Waals surface area contributed by atoms with Crippen molar-refractivity contribution in [3.8, 4) is 0 Å². The Balaban J connectivity index is 1.75. The van der Waals surface area contributed by atoms with E-state index in [1.165, 1.54) is 12.0 Å². The number of nitrogens with one attached hydrogen (secondary N) is 1. The maximum atomic E-state index is 11.8. The van der Waals surface area contributed by atoms with Gasteiger partial charge in [0.1, 0.15) is 0 Å². The third kappa shape index (κ3) is 3.84. The summed E-state index contributed by atoms with van der Waals surface area (Å²) in [6.07, 6.45) is 1.69. The molecular formula is C15H22N2O. The molecule has 1 saturated heterocycles. The molecule has 3 heteroatoms. The SMILES string of the molecule is Cc1cccc(CC(=O)NCC2CCN(C)C2)c1. The van der Waals surface area contributed by atoms with E-state index in [9.17, 15) is 4.79 Å². The van der Waals surface area contributed by atoms with Crippen LogP contribution in [0.15, 0.2) is 24.3 Å². The van der Waals surface area contributed by atoms with Crippen LogP contribution in [0.5, 0.6) is 0 Å². The number of hydrogen-bond acceptors (Lipinski definition) is 2. The number of likely N-dealkylation sites (tertiary alicyclic amines) is 1. The summed E-state index contributed by atoms with van der Waals surface area (Å²) in [5, 5.41) is 3.05. The molecule has 1 aromatic rings. The molecule has 1 aromatic carbocycles. The molecule has 1 fully saturated rings. The van der Waals surface area contributed by atoms with Crippen molar-refractivity contribution in [1.82, 2.24) is 10.2 Å². The first-order chi connectivity index (χ1) is 8.63. The molecule has 1 aliphatic rings. The minimum Gasteiger partial charge on any atom is -0.355 e. The second-order valence-electron chi connectivity index (χ2n) is 5.39. The summed E-state index contributed by atoms with van der Waals surface area (Å²) in [5.74, 6) is 0.756. The van der Waals surface area contributed by atoms with Gasteiger partial charge in [0.25, 0.3) is 0 Å².